The topological polar surface area (TPSA) is 46.5 Å². The fourth-order valence-corrected chi connectivity index (χ4v) is 1.12. The zero-order chi connectivity index (χ0) is 12.1. The van der Waals surface area contributed by atoms with Gasteiger partial charge < -0.3 is 9.84 Å². The third kappa shape index (κ3) is 3.22. The van der Waals surface area contributed by atoms with Crippen molar-refractivity contribution in [1.29, 1.82) is 0 Å². The second kappa shape index (κ2) is 5.49. The molecule has 0 aliphatic carbocycles. The summed E-state index contributed by atoms with van der Waals surface area (Å²) in [7, 11) is 0. The molecule has 0 saturated heterocycles. The summed E-state index contributed by atoms with van der Waals surface area (Å²) in [5.41, 5.74) is -0.337. The number of rotatable bonds is 5. The molecule has 0 saturated carbocycles. The van der Waals surface area contributed by atoms with E-state index in [4.69, 9.17) is 9.84 Å². The molecule has 1 N–H and O–H groups in total. The standard InChI is InChI=1S/C12H15FO3/c1-3-8(2)7-16-9-4-5-10(12(14)15)11(13)6-9/h4-6,8H,3,7H2,1-2H3,(H,14,15). The van der Waals surface area contributed by atoms with Crippen LogP contribution in [0.25, 0.3) is 0 Å². The lowest BCUT2D eigenvalue weighted by atomic mass is 10.1. The van der Waals surface area contributed by atoms with Gasteiger partial charge in [0.2, 0.25) is 0 Å². The molecule has 0 spiro atoms. The van der Waals surface area contributed by atoms with Crippen LogP contribution in [0.15, 0.2) is 18.2 Å². The summed E-state index contributed by atoms with van der Waals surface area (Å²) in [5.74, 6) is -1.29. The smallest absolute Gasteiger partial charge is 0.338 e. The van der Waals surface area contributed by atoms with E-state index in [2.05, 4.69) is 0 Å². The Morgan fingerprint density at radius 2 is 2.25 bits per heavy atom. The van der Waals surface area contributed by atoms with Crippen LogP contribution in [0.1, 0.15) is 30.6 Å². The molecular formula is C12H15FO3. The van der Waals surface area contributed by atoms with Crippen LogP contribution in [0.2, 0.25) is 0 Å². The summed E-state index contributed by atoms with van der Waals surface area (Å²) in [4.78, 5) is 10.6. The van der Waals surface area contributed by atoms with E-state index in [9.17, 15) is 9.18 Å². The summed E-state index contributed by atoms with van der Waals surface area (Å²) >= 11 is 0. The van der Waals surface area contributed by atoms with Crippen molar-refractivity contribution in [2.45, 2.75) is 20.3 Å². The molecule has 88 valence electrons. The van der Waals surface area contributed by atoms with E-state index in [1.54, 1.807) is 0 Å². The molecule has 0 fully saturated rings. The molecule has 1 aromatic rings. The molecule has 1 atom stereocenters. The second-order valence-electron chi connectivity index (χ2n) is 3.77. The quantitative estimate of drug-likeness (QED) is 0.839. The third-order valence-corrected chi connectivity index (χ3v) is 2.40. The van der Waals surface area contributed by atoms with Gasteiger partial charge in [0.15, 0.2) is 0 Å². The highest BCUT2D eigenvalue weighted by Gasteiger charge is 2.11. The lowest BCUT2D eigenvalue weighted by Crippen LogP contribution is -2.08. The number of hydrogen-bond donors (Lipinski definition) is 1. The fourth-order valence-electron chi connectivity index (χ4n) is 1.12. The Bertz CT molecular complexity index is 377. The van der Waals surface area contributed by atoms with Crippen molar-refractivity contribution in [3.8, 4) is 5.75 Å². The molecule has 0 aliphatic heterocycles. The molecular weight excluding hydrogens is 211 g/mol. The monoisotopic (exact) mass is 226 g/mol. The number of hydrogen-bond acceptors (Lipinski definition) is 2. The fraction of sp³-hybridized carbons (Fsp3) is 0.417. The van der Waals surface area contributed by atoms with E-state index in [0.717, 1.165) is 12.5 Å². The number of carboxylic acid groups (broad SMARTS) is 1. The number of aromatic carboxylic acids is 1. The Kier molecular flexibility index (Phi) is 4.28. The van der Waals surface area contributed by atoms with Gasteiger partial charge in [-0.3, -0.25) is 0 Å². The predicted octanol–water partition coefficient (Wildman–Crippen LogP) is 2.95. The number of ether oxygens (including phenoxy) is 1. The summed E-state index contributed by atoms with van der Waals surface area (Å²) in [6, 6.07) is 3.78. The summed E-state index contributed by atoms with van der Waals surface area (Å²) < 4.78 is 18.6. The SMILES string of the molecule is CCC(C)COc1ccc(C(=O)O)c(F)c1. The first-order valence-electron chi connectivity index (χ1n) is 5.20. The highest BCUT2D eigenvalue weighted by molar-refractivity contribution is 5.88. The van der Waals surface area contributed by atoms with Gasteiger partial charge in [-0.15, -0.1) is 0 Å². The van der Waals surface area contributed by atoms with Crippen LogP contribution in [0.4, 0.5) is 4.39 Å². The van der Waals surface area contributed by atoms with E-state index >= 15 is 0 Å². The van der Waals surface area contributed by atoms with Gasteiger partial charge in [-0.1, -0.05) is 20.3 Å². The molecule has 4 heteroatoms. The molecule has 1 rings (SSSR count). The number of carboxylic acids is 1. The van der Waals surface area contributed by atoms with Crippen molar-refractivity contribution in [2.75, 3.05) is 6.61 Å². The van der Waals surface area contributed by atoms with E-state index < -0.39 is 11.8 Å². The van der Waals surface area contributed by atoms with Gasteiger partial charge in [0.25, 0.3) is 0 Å². The minimum absolute atomic E-state index is 0.337. The molecule has 0 radical (unpaired) electrons. The van der Waals surface area contributed by atoms with Gasteiger partial charge in [0.05, 0.1) is 12.2 Å². The van der Waals surface area contributed by atoms with E-state index in [1.807, 2.05) is 13.8 Å². The van der Waals surface area contributed by atoms with Gasteiger partial charge in [-0.05, 0) is 18.1 Å². The maximum atomic E-state index is 13.2. The first kappa shape index (κ1) is 12.5. The van der Waals surface area contributed by atoms with Crippen molar-refractivity contribution < 1.29 is 19.0 Å². The first-order valence-corrected chi connectivity index (χ1v) is 5.20. The Hall–Kier alpha value is -1.58. The molecule has 0 aromatic heterocycles. The van der Waals surface area contributed by atoms with Crippen LogP contribution in [0.3, 0.4) is 0 Å². The van der Waals surface area contributed by atoms with Crippen LogP contribution in [0.5, 0.6) is 5.75 Å². The normalized spacial score (nSPS) is 12.2. The Morgan fingerprint density at radius 1 is 1.56 bits per heavy atom. The Morgan fingerprint density at radius 3 is 2.75 bits per heavy atom. The van der Waals surface area contributed by atoms with E-state index in [0.29, 0.717) is 18.3 Å². The highest BCUT2D eigenvalue weighted by Crippen LogP contribution is 2.17. The van der Waals surface area contributed by atoms with Crippen LogP contribution in [-0.4, -0.2) is 17.7 Å². The molecule has 16 heavy (non-hydrogen) atoms. The highest BCUT2D eigenvalue weighted by atomic mass is 19.1. The third-order valence-electron chi connectivity index (χ3n) is 2.40. The molecule has 0 amide bonds. The van der Waals surface area contributed by atoms with Crippen molar-refractivity contribution in [1.82, 2.24) is 0 Å². The largest absolute Gasteiger partial charge is 0.493 e. The van der Waals surface area contributed by atoms with Gasteiger partial charge in [-0.25, -0.2) is 9.18 Å². The molecule has 0 bridgehead atoms. The second-order valence-corrected chi connectivity index (χ2v) is 3.77. The van der Waals surface area contributed by atoms with Gasteiger partial charge >= 0.3 is 5.97 Å². The van der Waals surface area contributed by atoms with Crippen molar-refractivity contribution in [2.24, 2.45) is 5.92 Å². The van der Waals surface area contributed by atoms with Crippen LogP contribution in [0, 0.1) is 11.7 Å². The molecule has 1 aromatic carbocycles. The lowest BCUT2D eigenvalue weighted by Gasteiger charge is -2.11. The van der Waals surface area contributed by atoms with Crippen LogP contribution in [-0.2, 0) is 0 Å². The summed E-state index contributed by atoms with van der Waals surface area (Å²) in [6.07, 6.45) is 0.982. The zero-order valence-electron chi connectivity index (χ0n) is 9.37. The average Bonchev–Trinajstić information content (AvgIpc) is 2.25. The Balaban J connectivity index is 2.70. The number of carbonyl (C=O) groups is 1. The van der Waals surface area contributed by atoms with E-state index in [-0.39, 0.29) is 5.56 Å². The average molecular weight is 226 g/mol. The molecule has 1 unspecified atom stereocenters. The minimum atomic E-state index is -1.27. The van der Waals surface area contributed by atoms with Gasteiger partial charge in [0.1, 0.15) is 11.6 Å². The molecule has 0 heterocycles. The van der Waals surface area contributed by atoms with Crippen LogP contribution < -0.4 is 4.74 Å². The van der Waals surface area contributed by atoms with Crippen molar-refractivity contribution in [3.63, 3.8) is 0 Å². The zero-order valence-corrected chi connectivity index (χ0v) is 9.37. The lowest BCUT2D eigenvalue weighted by molar-refractivity contribution is 0.0692. The number of halogens is 1. The van der Waals surface area contributed by atoms with Crippen molar-refractivity contribution in [3.05, 3.63) is 29.6 Å². The maximum absolute atomic E-state index is 13.2. The summed E-state index contributed by atoms with van der Waals surface area (Å²) in [5, 5.41) is 8.63. The van der Waals surface area contributed by atoms with Crippen molar-refractivity contribution >= 4 is 5.97 Å². The summed E-state index contributed by atoms with van der Waals surface area (Å²) in [6.45, 7) is 4.58. The minimum Gasteiger partial charge on any atom is -0.493 e. The predicted molar refractivity (Wildman–Crippen MR) is 58.3 cm³/mol. The Labute approximate surface area is 93.9 Å². The van der Waals surface area contributed by atoms with Gasteiger partial charge in [-0.2, -0.15) is 0 Å². The van der Waals surface area contributed by atoms with E-state index in [1.165, 1.54) is 12.1 Å². The maximum Gasteiger partial charge on any atom is 0.338 e. The molecule has 3 nitrogen and oxygen atoms in total. The van der Waals surface area contributed by atoms with Gasteiger partial charge in [0, 0.05) is 6.07 Å². The molecule has 0 aliphatic rings. The number of benzene rings is 1. The first-order chi connectivity index (χ1) is 7.54. The van der Waals surface area contributed by atoms with Crippen LogP contribution >= 0.6 is 0 Å².